The molecule has 1 nitrogen and oxygen atoms in total. The van der Waals surface area contributed by atoms with Gasteiger partial charge in [0.05, 0.1) is 0 Å². The zero-order valence-electron chi connectivity index (χ0n) is 6.36. The van der Waals surface area contributed by atoms with Crippen LogP contribution in [0.3, 0.4) is 0 Å². The van der Waals surface area contributed by atoms with Crippen LogP contribution < -0.4 is 5.32 Å². The SMILES string of the molecule is C1CSC2(C1)CCNCC2. The predicted molar refractivity (Wildman–Crippen MR) is 46.5 cm³/mol. The number of piperidine rings is 1. The number of thioether (sulfide) groups is 1. The second kappa shape index (κ2) is 2.74. The van der Waals surface area contributed by atoms with Gasteiger partial charge in [0, 0.05) is 4.75 Å². The van der Waals surface area contributed by atoms with Crippen molar-refractivity contribution in [3.05, 3.63) is 0 Å². The van der Waals surface area contributed by atoms with Crippen molar-refractivity contribution in [1.82, 2.24) is 5.32 Å². The predicted octanol–water partition coefficient (Wildman–Crippen LogP) is 1.64. The van der Waals surface area contributed by atoms with Crippen molar-refractivity contribution in [2.45, 2.75) is 30.4 Å². The third kappa shape index (κ3) is 1.19. The van der Waals surface area contributed by atoms with Crippen LogP contribution in [0.15, 0.2) is 0 Å². The van der Waals surface area contributed by atoms with Crippen LogP contribution in [0.4, 0.5) is 0 Å². The molecule has 2 rings (SSSR count). The van der Waals surface area contributed by atoms with E-state index in [4.69, 9.17) is 0 Å². The standard InChI is InChI=1S/C8H15NS/c1-2-8(10-7-1)3-5-9-6-4-8/h9H,1-7H2. The second-order valence-corrected chi connectivity index (χ2v) is 4.95. The summed E-state index contributed by atoms with van der Waals surface area (Å²) in [5, 5.41) is 3.42. The Hall–Kier alpha value is 0.310. The Bertz CT molecular complexity index is 110. The molecule has 0 saturated carbocycles. The van der Waals surface area contributed by atoms with Crippen molar-refractivity contribution in [3.8, 4) is 0 Å². The molecule has 0 aliphatic carbocycles. The molecule has 2 heterocycles. The van der Waals surface area contributed by atoms with Crippen LogP contribution in [-0.2, 0) is 0 Å². The molecule has 2 fully saturated rings. The van der Waals surface area contributed by atoms with Crippen LogP contribution in [0.25, 0.3) is 0 Å². The van der Waals surface area contributed by atoms with E-state index >= 15 is 0 Å². The summed E-state index contributed by atoms with van der Waals surface area (Å²) in [5.41, 5.74) is 0. The summed E-state index contributed by atoms with van der Waals surface area (Å²) in [4.78, 5) is 0. The van der Waals surface area contributed by atoms with E-state index in [0.29, 0.717) is 0 Å². The van der Waals surface area contributed by atoms with Crippen molar-refractivity contribution in [2.75, 3.05) is 18.8 Å². The highest BCUT2D eigenvalue weighted by atomic mass is 32.2. The lowest BCUT2D eigenvalue weighted by Crippen LogP contribution is -2.37. The Kier molecular flexibility index (Phi) is 1.92. The first-order valence-electron chi connectivity index (χ1n) is 4.26. The summed E-state index contributed by atoms with van der Waals surface area (Å²) in [6, 6.07) is 0. The van der Waals surface area contributed by atoms with E-state index in [9.17, 15) is 0 Å². The lowest BCUT2D eigenvalue weighted by Gasteiger charge is -2.32. The molecule has 2 aliphatic rings. The lowest BCUT2D eigenvalue weighted by molar-refractivity contribution is 0.403. The molecule has 0 amide bonds. The molecule has 0 aromatic heterocycles. The lowest BCUT2D eigenvalue weighted by atomic mass is 9.93. The van der Waals surface area contributed by atoms with E-state index in [1.165, 1.54) is 44.5 Å². The fourth-order valence-electron chi connectivity index (χ4n) is 2.03. The number of nitrogens with one attached hydrogen (secondary N) is 1. The van der Waals surface area contributed by atoms with Crippen LogP contribution >= 0.6 is 11.8 Å². The highest BCUT2D eigenvalue weighted by Crippen LogP contribution is 2.44. The van der Waals surface area contributed by atoms with Gasteiger partial charge in [-0.15, -0.1) is 0 Å². The molecule has 0 atom stereocenters. The van der Waals surface area contributed by atoms with Crippen LogP contribution in [-0.4, -0.2) is 23.6 Å². The minimum Gasteiger partial charge on any atom is -0.317 e. The molecular formula is C8H15NS. The van der Waals surface area contributed by atoms with Gasteiger partial charge in [-0.05, 0) is 44.5 Å². The molecule has 0 unspecified atom stereocenters. The van der Waals surface area contributed by atoms with Gasteiger partial charge >= 0.3 is 0 Å². The fourth-order valence-corrected chi connectivity index (χ4v) is 3.54. The molecule has 0 radical (unpaired) electrons. The summed E-state index contributed by atoms with van der Waals surface area (Å²) in [7, 11) is 0. The summed E-state index contributed by atoms with van der Waals surface area (Å²) in [5.74, 6) is 1.42. The largest absolute Gasteiger partial charge is 0.317 e. The Balaban J connectivity index is 1.98. The maximum atomic E-state index is 3.42. The van der Waals surface area contributed by atoms with Gasteiger partial charge in [-0.1, -0.05) is 0 Å². The highest BCUT2D eigenvalue weighted by molar-refractivity contribution is 8.00. The molecular weight excluding hydrogens is 142 g/mol. The molecule has 0 aromatic carbocycles. The van der Waals surface area contributed by atoms with Gasteiger partial charge in [0.2, 0.25) is 0 Å². The first-order chi connectivity index (χ1) is 4.91. The van der Waals surface area contributed by atoms with E-state index in [1.807, 2.05) is 0 Å². The first kappa shape index (κ1) is 6.99. The van der Waals surface area contributed by atoms with Crippen molar-refractivity contribution in [1.29, 1.82) is 0 Å². The summed E-state index contributed by atoms with van der Waals surface area (Å²) in [6.07, 6.45) is 5.78. The van der Waals surface area contributed by atoms with Crippen molar-refractivity contribution in [3.63, 3.8) is 0 Å². The van der Waals surface area contributed by atoms with Gasteiger partial charge in [-0.2, -0.15) is 11.8 Å². The van der Waals surface area contributed by atoms with Gasteiger partial charge in [-0.3, -0.25) is 0 Å². The number of hydrogen-bond donors (Lipinski definition) is 1. The normalized spacial score (nSPS) is 31.2. The molecule has 2 heteroatoms. The van der Waals surface area contributed by atoms with Crippen LogP contribution in [0.5, 0.6) is 0 Å². The average molecular weight is 157 g/mol. The van der Waals surface area contributed by atoms with Gasteiger partial charge in [0.15, 0.2) is 0 Å². The van der Waals surface area contributed by atoms with E-state index < -0.39 is 0 Å². The highest BCUT2D eigenvalue weighted by Gasteiger charge is 2.35. The van der Waals surface area contributed by atoms with E-state index in [1.54, 1.807) is 0 Å². The molecule has 1 spiro atoms. The minimum absolute atomic E-state index is 0.727. The number of rotatable bonds is 0. The van der Waals surface area contributed by atoms with Crippen molar-refractivity contribution >= 4 is 11.8 Å². The first-order valence-corrected chi connectivity index (χ1v) is 5.25. The van der Waals surface area contributed by atoms with Crippen molar-refractivity contribution < 1.29 is 0 Å². The van der Waals surface area contributed by atoms with Gasteiger partial charge < -0.3 is 5.32 Å². The van der Waals surface area contributed by atoms with Crippen LogP contribution in [0, 0.1) is 0 Å². The van der Waals surface area contributed by atoms with Crippen molar-refractivity contribution in [2.24, 2.45) is 0 Å². The summed E-state index contributed by atoms with van der Waals surface area (Å²) >= 11 is 2.23. The van der Waals surface area contributed by atoms with Crippen LogP contribution in [0.2, 0.25) is 0 Å². The Morgan fingerprint density at radius 2 is 1.90 bits per heavy atom. The van der Waals surface area contributed by atoms with E-state index in [-0.39, 0.29) is 0 Å². The minimum atomic E-state index is 0.727. The molecule has 2 aliphatic heterocycles. The van der Waals surface area contributed by atoms with E-state index in [0.717, 1.165) is 4.75 Å². The second-order valence-electron chi connectivity index (χ2n) is 3.39. The molecule has 0 bridgehead atoms. The quantitative estimate of drug-likeness (QED) is 0.573. The zero-order chi connectivity index (χ0) is 6.86. The third-order valence-electron chi connectivity index (χ3n) is 2.70. The van der Waals surface area contributed by atoms with Crippen LogP contribution in [0.1, 0.15) is 25.7 Å². The van der Waals surface area contributed by atoms with Gasteiger partial charge in [0.25, 0.3) is 0 Å². The molecule has 58 valence electrons. The number of hydrogen-bond acceptors (Lipinski definition) is 2. The maximum absolute atomic E-state index is 3.42. The van der Waals surface area contributed by atoms with Gasteiger partial charge in [0.1, 0.15) is 0 Å². The average Bonchev–Trinajstić information content (AvgIpc) is 2.39. The maximum Gasteiger partial charge on any atom is 0.0184 e. The summed E-state index contributed by atoms with van der Waals surface area (Å²) < 4.78 is 0.727. The topological polar surface area (TPSA) is 12.0 Å². The monoisotopic (exact) mass is 157 g/mol. The molecule has 0 aromatic rings. The molecule has 10 heavy (non-hydrogen) atoms. The smallest absolute Gasteiger partial charge is 0.0184 e. The van der Waals surface area contributed by atoms with E-state index in [2.05, 4.69) is 17.1 Å². The fraction of sp³-hybridized carbons (Fsp3) is 1.00. The molecule has 2 saturated heterocycles. The van der Waals surface area contributed by atoms with Gasteiger partial charge in [-0.25, -0.2) is 0 Å². The Morgan fingerprint density at radius 3 is 2.50 bits per heavy atom. The third-order valence-corrected chi connectivity index (χ3v) is 4.42. The molecule has 1 N–H and O–H groups in total. The summed E-state index contributed by atoms with van der Waals surface area (Å²) in [6.45, 7) is 2.51. The Morgan fingerprint density at radius 1 is 1.10 bits per heavy atom. The Labute approximate surface area is 67.0 Å². The zero-order valence-corrected chi connectivity index (χ0v) is 7.17.